The number of ether oxygens (including phenoxy) is 1. The van der Waals surface area contributed by atoms with Gasteiger partial charge in [-0.25, -0.2) is 13.2 Å². The molecule has 3 rings (SSSR count). The van der Waals surface area contributed by atoms with Crippen molar-refractivity contribution in [2.24, 2.45) is 0 Å². The third kappa shape index (κ3) is 5.54. The molecule has 158 valence electrons. The minimum absolute atomic E-state index is 0.00284. The van der Waals surface area contributed by atoms with E-state index in [0.29, 0.717) is 11.1 Å². The number of aliphatic hydroxyl groups excluding tert-OH is 1. The third-order valence-electron chi connectivity index (χ3n) is 4.30. The first-order valence-corrected chi connectivity index (χ1v) is 12.0. The van der Waals surface area contributed by atoms with Crippen LogP contribution in [0.2, 0.25) is 0 Å². The van der Waals surface area contributed by atoms with Crippen molar-refractivity contribution in [2.75, 3.05) is 12.8 Å². The van der Waals surface area contributed by atoms with Crippen LogP contribution in [0.4, 0.5) is 0 Å². The second kappa shape index (κ2) is 8.40. The minimum Gasteiger partial charge on any atom is -0.457 e. The number of esters is 1. The van der Waals surface area contributed by atoms with Crippen LogP contribution in [0.15, 0.2) is 53.4 Å². The van der Waals surface area contributed by atoms with Crippen LogP contribution >= 0.6 is 11.0 Å². The Morgan fingerprint density at radius 2 is 1.72 bits per heavy atom. The Balaban J connectivity index is 1.56. The Morgan fingerprint density at radius 3 is 2.24 bits per heavy atom. The van der Waals surface area contributed by atoms with Gasteiger partial charge in [0.25, 0.3) is 0 Å². The van der Waals surface area contributed by atoms with Gasteiger partial charge in [-0.3, -0.25) is 9.11 Å². The number of β-amino-alcohol motifs (C(OH)–C–C–N with tert-alkyl or cyclic N) is 1. The highest BCUT2D eigenvalue weighted by atomic mass is 32.3. The van der Waals surface area contributed by atoms with E-state index >= 15 is 0 Å². The van der Waals surface area contributed by atoms with Gasteiger partial charge in [-0.1, -0.05) is 35.2 Å². The molecule has 0 aliphatic carbocycles. The molecule has 9 nitrogen and oxygen atoms in total. The van der Waals surface area contributed by atoms with E-state index in [-0.39, 0.29) is 24.6 Å². The fraction of sp³-hybridized carbons (Fsp3) is 0.278. The van der Waals surface area contributed by atoms with E-state index in [4.69, 9.17) is 4.74 Å². The number of aliphatic hydroxyl groups is 1. The summed E-state index contributed by atoms with van der Waals surface area (Å²) in [6.07, 6.45) is 0.108. The van der Waals surface area contributed by atoms with Gasteiger partial charge < -0.3 is 9.84 Å². The van der Waals surface area contributed by atoms with Gasteiger partial charge >= 0.3 is 5.97 Å². The molecule has 0 amide bonds. The van der Waals surface area contributed by atoms with E-state index in [1.165, 1.54) is 16.4 Å². The Hall–Kier alpha value is -1.99. The molecular weight excluding hydrogens is 420 g/mol. The minimum atomic E-state index is -3.28. The maximum absolute atomic E-state index is 12.2. The van der Waals surface area contributed by atoms with Crippen LogP contribution in [-0.4, -0.2) is 51.9 Å². The quantitative estimate of drug-likeness (QED) is 0.493. The van der Waals surface area contributed by atoms with Crippen LogP contribution in [0.25, 0.3) is 0 Å². The average Bonchev–Trinajstić information content (AvgIpc) is 2.91. The van der Waals surface area contributed by atoms with Crippen LogP contribution in [-0.2, 0) is 27.7 Å². The highest BCUT2D eigenvalue weighted by molar-refractivity contribution is 8.20. The topological polar surface area (TPSA) is 136 Å². The summed E-state index contributed by atoms with van der Waals surface area (Å²) in [5.74, 6) is -0.536. The van der Waals surface area contributed by atoms with E-state index in [1.807, 2.05) is 0 Å². The first kappa shape index (κ1) is 21.7. The normalized spacial score (nSPS) is 20.3. The lowest BCUT2D eigenvalue weighted by molar-refractivity contribution is 0.0472. The second-order valence-corrected chi connectivity index (χ2v) is 10.5. The molecule has 0 aromatic heterocycles. The lowest BCUT2D eigenvalue weighted by Crippen LogP contribution is -2.25. The van der Waals surface area contributed by atoms with Gasteiger partial charge in [0.1, 0.15) is 12.8 Å². The largest absolute Gasteiger partial charge is 0.457 e. The lowest BCUT2D eigenvalue weighted by Gasteiger charge is -2.35. The van der Waals surface area contributed by atoms with Crippen molar-refractivity contribution in [3.8, 4) is 0 Å². The maximum Gasteiger partial charge on any atom is 0.338 e. The molecule has 1 unspecified atom stereocenters. The molecule has 0 bridgehead atoms. The zero-order valence-corrected chi connectivity index (χ0v) is 17.2. The van der Waals surface area contributed by atoms with Crippen LogP contribution in [0, 0.1) is 0 Å². The SMILES string of the molecule is CS(=O)(=O)c1ccc(COC(=O)c2ccc(CN3CC(O)NS3(O)O)cc2)cc1. The smallest absolute Gasteiger partial charge is 0.338 e. The fourth-order valence-electron chi connectivity index (χ4n) is 2.76. The summed E-state index contributed by atoms with van der Waals surface area (Å²) >= 11 is 0. The zero-order chi connectivity index (χ0) is 21.2. The third-order valence-corrected chi connectivity index (χ3v) is 7.02. The van der Waals surface area contributed by atoms with Gasteiger partial charge in [0, 0.05) is 12.8 Å². The highest BCUT2D eigenvalue weighted by Gasteiger charge is 2.34. The lowest BCUT2D eigenvalue weighted by atomic mass is 10.1. The predicted molar refractivity (Wildman–Crippen MR) is 108 cm³/mol. The molecule has 4 N–H and O–H groups in total. The molecule has 11 heteroatoms. The first-order chi connectivity index (χ1) is 13.5. The van der Waals surface area contributed by atoms with Crippen LogP contribution in [0.5, 0.6) is 0 Å². The van der Waals surface area contributed by atoms with Crippen LogP contribution in [0.1, 0.15) is 21.5 Å². The molecule has 0 spiro atoms. The summed E-state index contributed by atoms with van der Waals surface area (Å²) in [6.45, 7) is 0.265. The molecule has 1 saturated heterocycles. The number of hydrogen-bond acceptors (Lipinski definition) is 9. The van der Waals surface area contributed by atoms with Gasteiger partial charge in [0.05, 0.1) is 17.0 Å². The van der Waals surface area contributed by atoms with E-state index in [2.05, 4.69) is 4.72 Å². The van der Waals surface area contributed by atoms with Gasteiger partial charge in [-0.2, -0.15) is 9.03 Å². The van der Waals surface area contributed by atoms with E-state index in [0.717, 1.165) is 11.8 Å². The Kier molecular flexibility index (Phi) is 6.29. The molecule has 1 heterocycles. The van der Waals surface area contributed by atoms with Crippen molar-refractivity contribution in [1.82, 2.24) is 9.03 Å². The number of rotatable bonds is 6. The molecule has 0 radical (unpaired) electrons. The van der Waals surface area contributed by atoms with E-state index < -0.39 is 33.0 Å². The van der Waals surface area contributed by atoms with Crippen molar-refractivity contribution in [3.05, 3.63) is 65.2 Å². The average molecular weight is 443 g/mol. The van der Waals surface area contributed by atoms with E-state index in [1.54, 1.807) is 36.4 Å². The number of nitrogens with zero attached hydrogens (tertiary/aromatic N) is 1. The van der Waals surface area contributed by atoms with Crippen LogP contribution in [0.3, 0.4) is 0 Å². The Morgan fingerprint density at radius 1 is 1.14 bits per heavy atom. The highest BCUT2D eigenvalue weighted by Crippen LogP contribution is 2.44. The molecule has 2 aromatic rings. The molecule has 1 fully saturated rings. The predicted octanol–water partition coefficient (Wildman–Crippen LogP) is 1.75. The standard InChI is InChI=1S/C18H22N2O7S2/c1-28(23,24)16-8-4-14(5-9-16)12-27-18(22)15-6-2-13(3-7-15)10-20-11-17(21)19-29(20,25)26/h2-9,17,19,21,25-26H,10-12H2,1H3. The molecule has 0 saturated carbocycles. The monoisotopic (exact) mass is 442 g/mol. The Bertz CT molecular complexity index is 976. The number of benzene rings is 2. The summed E-state index contributed by atoms with van der Waals surface area (Å²) in [5, 5.41) is 9.50. The summed E-state index contributed by atoms with van der Waals surface area (Å²) < 4.78 is 51.5. The van der Waals surface area contributed by atoms with Gasteiger partial charge in [0.15, 0.2) is 9.84 Å². The number of sulfone groups is 1. The Labute approximate surface area is 170 Å². The summed E-state index contributed by atoms with van der Waals surface area (Å²) in [4.78, 5) is 12.4. The van der Waals surface area contributed by atoms with Crippen molar-refractivity contribution >= 4 is 26.8 Å². The van der Waals surface area contributed by atoms with Crippen molar-refractivity contribution in [1.29, 1.82) is 0 Å². The maximum atomic E-state index is 12.2. The molecule has 1 aliphatic heterocycles. The summed E-state index contributed by atoms with van der Waals surface area (Å²) in [6, 6.07) is 12.6. The molecular formula is C18H22N2O7S2. The number of carbonyl (C=O) groups excluding carboxylic acids is 1. The summed E-state index contributed by atoms with van der Waals surface area (Å²) in [7, 11) is -6.48. The first-order valence-electron chi connectivity index (χ1n) is 8.58. The number of carbonyl (C=O) groups is 1. The van der Waals surface area contributed by atoms with Gasteiger partial charge in [-0.15, -0.1) is 0 Å². The number of hydrogen-bond donors (Lipinski definition) is 4. The molecule has 29 heavy (non-hydrogen) atoms. The molecule has 1 atom stereocenters. The van der Waals surface area contributed by atoms with Crippen molar-refractivity contribution in [3.63, 3.8) is 0 Å². The zero-order valence-electron chi connectivity index (χ0n) is 15.6. The second-order valence-electron chi connectivity index (χ2n) is 6.66. The number of nitrogens with one attached hydrogen (secondary N) is 1. The molecule has 1 aliphatic rings. The van der Waals surface area contributed by atoms with Gasteiger partial charge in [-0.05, 0) is 35.4 Å². The van der Waals surface area contributed by atoms with Crippen LogP contribution < -0.4 is 4.72 Å². The van der Waals surface area contributed by atoms with Gasteiger partial charge in [0.2, 0.25) is 0 Å². The summed E-state index contributed by atoms with van der Waals surface area (Å²) in [5.41, 5.74) is 1.72. The molecule has 2 aromatic carbocycles. The fourth-order valence-corrected chi connectivity index (χ4v) is 4.66. The van der Waals surface area contributed by atoms with E-state index in [9.17, 15) is 27.4 Å². The van der Waals surface area contributed by atoms with Crippen molar-refractivity contribution < 1.29 is 32.2 Å². The van der Waals surface area contributed by atoms with Crippen molar-refractivity contribution in [2.45, 2.75) is 24.3 Å².